The Morgan fingerprint density at radius 3 is 2.24 bits per heavy atom. The average Bonchev–Trinajstić information content (AvgIpc) is 2.60. The third-order valence-corrected chi connectivity index (χ3v) is 3.52. The summed E-state index contributed by atoms with van der Waals surface area (Å²) in [5.41, 5.74) is 6.99. The van der Waals surface area contributed by atoms with E-state index in [9.17, 15) is 14.4 Å². The lowest BCUT2D eigenvalue weighted by atomic mass is 10.0. The number of hydrogen-bond acceptors (Lipinski definition) is 3. The Morgan fingerprint density at radius 2 is 1.68 bits per heavy atom. The number of primary amides is 1. The molecule has 2 rings (SSSR count). The Kier molecular flexibility index (Phi) is 6.06. The number of carboxylic acid groups (broad SMARTS) is 1. The molecule has 4 N–H and O–H groups in total. The van der Waals surface area contributed by atoms with Crippen LogP contribution in [-0.4, -0.2) is 22.9 Å². The van der Waals surface area contributed by atoms with E-state index in [1.807, 2.05) is 6.07 Å². The lowest BCUT2D eigenvalue weighted by Crippen LogP contribution is -2.28. The highest BCUT2D eigenvalue weighted by molar-refractivity contribution is 5.94. The molecule has 0 radical (unpaired) electrons. The van der Waals surface area contributed by atoms with Crippen LogP contribution in [-0.2, 0) is 9.59 Å². The normalized spacial score (nSPS) is 11.8. The van der Waals surface area contributed by atoms with Crippen molar-refractivity contribution in [3.63, 3.8) is 0 Å². The van der Waals surface area contributed by atoms with Crippen LogP contribution in [0.5, 0.6) is 0 Å². The molecule has 2 aromatic rings. The van der Waals surface area contributed by atoms with Crippen molar-refractivity contribution < 1.29 is 19.5 Å². The number of carboxylic acids is 1. The molecule has 0 aliphatic heterocycles. The summed E-state index contributed by atoms with van der Waals surface area (Å²) in [6.45, 7) is 0. The largest absolute Gasteiger partial charge is 0.481 e. The first-order valence-electron chi connectivity index (χ1n) is 7.61. The van der Waals surface area contributed by atoms with Crippen molar-refractivity contribution in [2.24, 2.45) is 5.73 Å². The molecule has 0 saturated carbocycles. The molecule has 0 fully saturated rings. The Morgan fingerprint density at radius 1 is 1.04 bits per heavy atom. The average molecular weight is 338 g/mol. The predicted octanol–water partition coefficient (Wildman–Crippen LogP) is 2.13. The van der Waals surface area contributed by atoms with Gasteiger partial charge in [-0.2, -0.15) is 0 Å². The number of amides is 2. The van der Waals surface area contributed by atoms with Crippen LogP contribution in [0.3, 0.4) is 0 Å². The Labute approximate surface area is 145 Å². The fourth-order valence-corrected chi connectivity index (χ4v) is 2.26. The van der Waals surface area contributed by atoms with Crippen molar-refractivity contribution in [1.29, 1.82) is 0 Å². The van der Waals surface area contributed by atoms with Gasteiger partial charge >= 0.3 is 5.97 Å². The van der Waals surface area contributed by atoms with Gasteiger partial charge in [0.15, 0.2) is 0 Å². The number of nitrogens with two attached hydrogens (primary N) is 1. The zero-order valence-electron chi connectivity index (χ0n) is 13.4. The summed E-state index contributed by atoms with van der Waals surface area (Å²) in [5.74, 6) is -1.93. The maximum absolute atomic E-state index is 12.1. The molecule has 128 valence electrons. The highest BCUT2D eigenvalue weighted by Gasteiger charge is 2.16. The highest BCUT2D eigenvalue weighted by Crippen LogP contribution is 2.16. The van der Waals surface area contributed by atoms with E-state index < -0.39 is 23.8 Å². The number of hydrogen-bond donors (Lipinski definition) is 3. The minimum Gasteiger partial charge on any atom is -0.481 e. The zero-order chi connectivity index (χ0) is 18.2. The second-order valence-electron chi connectivity index (χ2n) is 5.39. The third kappa shape index (κ3) is 5.62. The summed E-state index contributed by atoms with van der Waals surface area (Å²) in [6, 6.07) is 14.8. The van der Waals surface area contributed by atoms with E-state index in [0.717, 1.165) is 11.1 Å². The number of aliphatic carboxylic acids is 1. The Balaban J connectivity index is 2.05. The van der Waals surface area contributed by atoms with Crippen LogP contribution in [0.4, 0.5) is 0 Å². The summed E-state index contributed by atoms with van der Waals surface area (Å²) in [5, 5.41) is 11.7. The number of rotatable bonds is 7. The van der Waals surface area contributed by atoms with Crippen LogP contribution >= 0.6 is 0 Å². The molecule has 1 atom stereocenters. The van der Waals surface area contributed by atoms with Crippen molar-refractivity contribution in [1.82, 2.24) is 5.32 Å². The molecule has 2 amide bonds. The maximum atomic E-state index is 12.1. The van der Waals surface area contributed by atoms with E-state index in [4.69, 9.17) is 10.8 Å². The van der Waals surface area contributed by atoms with E-state index in [1.54, 1.807) is 54.6 Å². The van der Waals surface area contributed by atoms with Crippen LogP contribution in [0.2, 0.25) is 0 Å². The van der Waals surface area contributed by atoms with Gasteiger partial charge in [0, 0.05) is 11.6 Å². The number of benzene rings is 2. The van der Waals surface area contributed by atoms with Gasteiger partial charge in [-0.1, -0.05) is 42.5 Å². The molecule has 0 spiro atoms. The van der Waals surface area contributed by atoms with Crippen molar-refractivity contribution in [2.45, 2.75) is 12.5 Å². The van der Waals surface area contributed by atoms with E-state index in [-0.39, 0.29) is 6.42 Å². The van der Waals surface area contributed by atoms with Gasteiger partial charge in [0.05, 0.1) is 12.5 Å². The molecule has 25 heavy (non-hydrogen) atoms. The van der Waals surface area contributed by atoms with Crippen molar-refractivity contribution in [3.8, 4) is 0 Å². The second-order valence-corrected chi connectivity index (χ2v) is 5.39. The fraction of sp³-hybridized carbons (Fsp3) is 0.105. The van der Waals surface area contributed by atoms with Crippen LogP contribution in [0.15, 0.2) is 60.7 Å². The monoisotopic (exact) mass is 338 g/mol. The standard InChI is InChI=1S/C19H18N2O4/c20-19(25)15-9-6-13(7-10-15)8-11-17(22)21-16(12-18(23)24)14-4-2-1-3-5-14/h1-11,16H,12H2,(H2,20,25)(H,21,22)(H,23,24)/t16-/m0/s1. The van der Waals surface area contributed by atoms with Crippen LogP contribution in [0.1, 0.15) is 33.9 Å². The molecule has 2 aromatic carbocycles. The molecule has 0 heterocycles. The molecular formula is C19H18N2O4. The van der Waals surface area contributed by atoms with Crippen LogP contribution in [0.25, 0.3) is 6.08 Å². The second kappa shape index (κ2) is 8.44. The maximum Gasteiger partial charge on any atom is 0.305 e. The van der Waals surface area contributed by atoms with Gasteiger partial charge in [-0.3, -0.25) is 14.4 Å². The van der Waals surface area contributed by atoms with Gasteiger partial charge in [-0.05, 0) is 29.3 Å². The molecule has 6 nitrogen and oxygen atoms in total. The smallest absolute Gasteiger partial charge is 0.305 e. The van der Waals surface area contributed by atoms with Crippen LogP contribution in [0, 0.1) is 0 Å². The topological polar surface area (TPSA) is 109 Å². The van der Waals surface area contributed by atoms with Crippen molar-refractivity contribution >= 4 is 23.9 Å². The quantitative estimate of drug-likeness (QED) is 0.672. The Bertz CT molecular complexity index is 783. The van der Waals surface area contributed by atoms with Gasteiger partial charge < -0.3 is 16.2 Å². The predicted molar refractivity (Wildman–Crippen MR) is 93.6 cm³/mol. The first kappa shape index (κ1) is 17.9. The van der Waals surface area contributed by atoms with Crippen molar-refractivity contribution in [2.75, 3.05) is 0 Å². The highest BCUT2D eigenvalue weighted by atomic mass is 16.4. The summed E-state index contributed by atoms with van der Waals surface area (Å²) >= 11 is 0. The summed E-state index contributed by atoms with van der Waals surface area (Å²) in [6.07, 6.45) is 2.68. The third-order valence-electron chi connectivity index (χ3n) is 3.52. The molecule has 0 aliphatic carbocycles. The number of nitrogens with one attached hydrogen (secondary N) is 1. The summed E-state index contributed by atoms with van der Waals surface area (Å²) < 4.78 is 0. The van der Waals surface area contributed by atoms with Gasteiger partial charge in [0.25, 0.3) is 0 Å². The molecule has 0 unspecified atom stereocenters. The van der Waals surface area contributed by atoms with E-state index in [2.05, 4.69) is 5.32 Å². The molecule has 0 aliphatic rings. The van der Waals surface area contributed by atoms with E-state index >= 15 is 0 Å². The fourth-order valence-electron chi connectivity index (χ4n) is 2.26. The first-order valence-corrected chi connectivity index (χ1v) is 7.61. The van der Waals surface area contributed by atoms with E-state index in [1.165, 1.54) is 6.08 Å². The molecule has 0 aromatic heterocycles. The zero-order valence-corrected chi connectivity index (χ0v) is 13.4. The summed E-state index contributed by atoms with van der Waals surface area (Å²) in [7, 11) is 0. The van der Waals surface area contributed by atoms with Gasteiger partial charge in [0.2, 0.25) is 11.8 Å². The molecule has 0 saturated heterocycles. The van der Waals surface area contributed by atoms with E-state index in [0.29, 0.717) is 5.56 Å². The minimum absolute atomic E-state index is 0.211. The SMILES string of the molecule is NC(=O)c1ccc(C=CC(=O)N[C@@H](CC(=O)O)c2ccccc2)cc1. The number of carbonyl (C=O) groups is 3. The lowest BCUT2D eigenvalue weighted by Gasteiger charge is -2.16. The van der Waals surface area contributed by atoms with Gasteiger partial charge in [-0.15, -0.1) is 0 Å². The summed E-state index contributed by atoms with van der Waals surface area (Å²) in [4.78, 5) is 34.1. The molecule has 6 heteroatoms. The van der Waals surface area contributed by atoms with Gasteiger partial charge in [0.1, 0.15) is 0 Å². The minimum atomic E-state index is -1.000. The van der Waals surface area contributed by atoms with Crippen molar-refractivity contribution in [3.05, 3.63) is 77.4 Å². The Hall–Kier alpha value is -3.41. The van der Waals surface area contributed by atoms with Gasteiger partial charge in [-0.25, -0.2) is 0 Å². The van der Waals surface area contributed by atoms with Crippen LogP contribution < -0.4 is 11.1 Å². The molecular weight excluding hydrogens is 320 g/mol. The lowest BCUT2D eigenvalue weighted by molar-refractivity contribution is -0.137. The first-order chi connectivity index (χ1) is 12.0. The molecule has 0 bridgehead atoms. The number of carbonyl (C=O) groups excluding carboxylic acids is 2.